The number of thioether (sulfide) groups is 1. The number of hydrogen-bond donors (Lipinski definition) is 2. The number of H-pyrrole nitrogens is 1. The molecule has 17 heavy (non-hydrogen) atoms. The first-order chi connectivity index (χ1) is 8.15. The van der Waals surface area contributed by atoms with Gasteiger partial charge in [-0.1, -0.05) is 17.7 Å². The number of nitrogen functional groups attached to an aromatic ring is 1. The summed E-state index contributed by atoms with van der Waals surface area (Å²) >= 11 is 1.62. The molecule has 4 nitrogen and oxygen atoms in total. The maximum atomic E-state index is 11.3. The maximum Gasteiger partial charge on any atom is 0.274 e. The Morgan fingerprint density at radius 3 is 2.71 bits per heavy atom. The number of aryl methyl sites for hydroxylation is 1. The van der Waals surface area contributed by atoms with E-state index in [9.17, 15) is 4.79 Å². The molecular weight excluding hydrogens is 234 g/mol. The van der Waals surface area contributed by atoms with Crippen molar-refractivity contribution in [3.05, 3.63) is 52.2 Å². The second-order valence-electron chi connectivity index (χ2n) is 3.72. The van der Waals surface area contributed by atoms with Crippen LogP contribution >= 0.6 is 11.8 Å². The fourth-order valence-electron chi connectivity index (χ4n) is 1.30. The minimum absolute atomic E-state index is 0.147. The third kappa shape index (κ3) is 3.10. The lowest BCUT2D eigenvalue weighted by molar-refractivity contribution is 1.01. The lowest BCUT2D eigenvalue weighted by Gasteiger charge is -2.02. The Hall–Kier alpha value is -1.75. The van der Waals surface area contributed by atoms with Gasteiger partial charge in [-0.3, -0.25) is 4.79 Å². The molecule has 0 aliphatic carbocycles. The van der Waals surface area contributed by atoms with E-state index in [0.29, 0.717) is 11.6 Å². The van der Waals surface area contributed by atoms with Crippen molar-refractivity contribution >= 4 is 17.4 Å². The second kappa shape index (κ2) is 5.05. The molecule has 2 rings (SSSR count). The summed E-state index contributed by atoms with van der Waals surface area (Å²) in [7, 11) is 0. The van der Waals surface area contributed by atoms with Crippen LogP contribution in [0.3, 0.4) is 0 Å². The van der Waals surface area contributed by atoms with Crippen molar-refractivity contribution in [1.29, 1.82) is 0 Å². The number of nitrogens with zero attached hydrogens (tertiary/aromatic N) is 1. The van der Waals surface area contributed by atoms with Crippen LogP contribution in [0.4, 0.5) is 5.69 Å². The molecular formula is C12H13N3OS. The highest BCUT2D eigenvalue weighted by molar-refractivity contribution is 7.98. The van der Waals surface area contributed by atoms with Crippen LogP contribution in [-0.4, -0.2) is 9.97 Å². The van der Waals surface area contributed by atoms with Gasteiger partial charge in [0.25, 0.3) is 5.56 Å². The number of benzene rings is 1. The minimum atomic E-state index is -0.278. The first kappa shape index (κ1) is 11.7. The van der Waals surface area contributed by atoms with Crippen LogP contribution in [0, 0.1) is 6.92 Å². The molecule has 88 valence electrons. The summed E-state index contributed by atoms with van der Waals surface area (Å²) in [5, 5.41) is 0. The fourth-order valence-corrected chi connectivity index (χ4v) is 2.08. The van der Waals surface area contributed by atoms with E-state index in [1.165, 1.54) is 11.8 Å². The number of nitrogens with one attached hydrogen (secondary N) is 1. The van der Waals surface area contributed by atoms with Crippen molar-refractivity contribution in [2.75, 3.05) is 5.73 Å². The highest BCUT2D eigenvalue weighted by Gasteiger charge is 2.00. The van der Waals surface area contributed by atoms with Gasteiger partial charge in [0.15, 0.2) is 0 Å². The van der Waals surface area contributed by atoms with Gasteiger partial charge in [0.1, 0.15) is 11.5 Å². The van der Waals surface area contributed by atoms with E-state index < -0.39 is 0 Å². The van der Waals surface area contributed by atoms with Gasteiger partial charge in [-0.2, -0.15) is 0 Å². The molecule has 0 saturated carbocycles. The normalized spacial score (nSPS) is 10.4. The molecule has 0 bridgehead atoms. The lowest BCUT2D eigenvalue weighted by Crippen LogP contribution is -2.14. The van der Waals surface area contributed by atoms with Gasteiger partial charge < -0.3 is 10.7 Å². The predicted octanol–water partition coefficient (Wildman–Crippen LogP) is 1.95. The van der Waals surface area contributed by atoms with E-state index in [0.717, 1.165) is 4.90 Å². The summed E-state index contributed by atoms with van der Waals surface area (Å²) in [6.45, 7) is 2.05. The van der Waals surface area contributed by atoms with Crippen molar-refractivity contribution in [2.24, 2.45) is 0 Å². The van der Waals surface area contributed by atoms with Gasteiger partial charge in [-0.15, -0.1) is 11.8 Å². The third-order valence-corrected chi connectivity index (χ3v) is 3.30. The Kier molecular flexibility index (Phi) is 3.49. The van der Waals surface area contributed by atoms with E-state index in [-0.39, 0.29) is 11.2 Å². The standard InChI is InChI=1S/C12H13N3OS/c1-8-2-4-9(5-3-8)17-7-11-14-6-10(13)12(16)15-11/h2-6H,7,13H2,1H3,(H,14,15,16). The monoisotopic (exact) mass is 247 g/mol. The van der Waals surface area contributed by atoms with Crippen LogP contribution < -0.4 is 11.3 Å². The van der Waals surface area contributed by atoms with Crippen LogP contribution in [0.1, 0.15) is 11.4 Å². The number of hydrogen-bond acceptors (Lipinski definition) is 4. The smallest absolute Gasteiger partial charge is 0.274 e. The molecule has 2 aromatic rings. The molecule has 0 atom stereocenters. The average molecular weight is 247 g/mol. The van der Waals surface area contributed by atoms with Crippen LogP contribution in [0.15, 0.2) is 40.2 Å². The van der Waals surface area contributed by atoms with Gasteiger partial charge in [0.05, 0.1) is 11.9 Å². The molecule has 1 aromatic carbocycles. The number of anilines is 1. The summed E-state index contributed by atoms with van der Waals surface area (Å²) in [6.07, 6.45) is 1.39. The van der Waals surface area contributed by atoms with Crippen LogP contribution in [0.2, 0.25) is 0 Å². The molecule has 0 spiro atoms. The summed E-state index contributed by atoms with van der Waals surface area (Å²) in [6, 6.07) is 8.22. The van der Waals surface area contributed by atoms with Crippen molar-refractivity contribution < 1.29 is 0 Å². The summed E-state index contributed by atoms with van der Waals surface area (Å²) < 4.78 is 0. The van der Waals surface area contributed by atoms with Crippen molar-refractivity contribution in [3.63, 3.8) is 0 Å². The zero-order valence-electron chi connectivity index (χ0n) is 9.43. The Morgan fingerprint density at radius 1 is 1.35 bits per heavy atom. The van der Waals surface area contributed by atoms with E-state index in [4.69, 9.17) is 5.73 Å². The largest absolute Gasteiger partial charge is 0.393 e. The second-order valence-corrected chi connectivity index (χ2v) is 4.76. The number of nitrogens with two attached hydrogens (primary N) is 1. The fraction of sp³-hybridized carbons (Fsp3) is 0.167. The maximum absolute atomic E-state index is 11.3. The van der Waals surface area contributed by atoms with Crippen LogP contribution in [0.5, 0.6) is 0 Å². The van der Waals surface area contributed by atoms with Gasteiger partial charge in [-0.25, -0.2) is 4.98 Å². The molecule has 3 N–H and O–H groups in total. The topological polar surface area (TPSA) is 71.8 Å². The molecule has 0 aliphatic rings. The van der Waals surface area contributed by atoms with Crippen molar-refractivity contribution in [2.45, 2.75) is 17.6 Å². The Balaban J connectivity index is 2.04. The number of rotatable bonds is 3. The third-order valence-electron chi connectivity index (χ3n) is 2.28. The Labute approximate surface area is 103 Å². The van der Waals surface area contributed by atoms with E-state index in [1.807, 2.05) is 6.92 Å². The van der Waals surface area contributed by atoms with Crippen molar-refractivity contribution in [1.82, 2.24) is 9.97 Å². The minimum Gasteiger partial charge on any atom is -0.393 e. The molecule has 0 radical (unpaired) electrons. The highest BCUT2D eigenvalue weighted by Crippen LogP contribution is 2.21. The molecule has 0 amide bonds. The first-order valence-electron chi connectivity index (χ1n) is 5.18. The Morgan fingerprint density at radius 2 is 2.06 bits per heavy atom. The summed E-state index contributed by atoms with van der Waals surface area (Å²) in [4.78, 5) is 19.1. The van der Waals surface area contributed by atoms with Gasteiger partial charge in [0.2, 0.25) is 0 Å². The molecule has 0 saturated heterocycles. The zero-order valence-corrected chi connectivity index (χ0v) is 10.3. The molecule has 1 aromatic heterocycles. The molecule has 0 fully saturated rings. The molecule has 1 heterocycles. The van der Waals surface area contributed by atoms with Crippen LogP contribution in [0.25, 0.3) is 0 Å². The van der Waals surface area contributed by atoms with Gasteiger partial charge in [0, 0.05) is 4.90 Å². The molecule has 0 aliphatic heterocycles. The van der Waals surface area contributed by atoms with E-state index in [1.54, 1.807) is 11.8 Å². The molecule has 5 heteroatoms. The summed E-state index contributed by atoms with van der Waals surface area (Å²) in [5.41, 5.74) is 6.50. The zero-order chi connectivity index (χ0) is 12.3. The highest BCUT2D eigenvalue weighted by atomic mass is 32.2. The van der Waals surface area contributed by atoms with E-state index in [2.05, 4.69) is 34.2 Å². The Bertz CT molecular complexity index is 563. The first-order valence-corrected chi connectivity index (χ1v) is 6.17. The quantitative estimate of drug-likeness (QED) is 0.813. The lowest BCUT2D eigenvalue weighted by atomic mass is 10.2. The van der Waals surface area contributed by atoms with E-state index >= 15 is 0 Å². The number of aromatic nitrogens is 2. The van der Waals surface area contributed by atoms with Crippen molar-refractivity contribution in [3.8, 4) is 0 Å². The SMILES string of the molecule is Cc1ccc(SCc2ncc(N)c(=O)[nH]2)cc1. The average Bonchev–Trinajstić information content (AvgIpc) is 2.33. The number of aromatic amines is 1. The van der Waals surface area contributed by atoms with Gasteiger partial charge >= 0.3 is 0 Å². The van der Waals surface area contributed by atoms with Gasteiger partial charge in [-0.05, 0) is 19.1 Å². The summed E-state index contributed by atoms with van der Waals surface area (Å²) in [5.74, 6) is 1.26. The molecule has 0 unspecified atom stereocenters. The van der Waals surface area contributed by atoms with Crippen LogP contribution in [-0.2, 0) is 5.75 Å². The predicted molar refractivity (Wildman–Crippen MR) is 70.0 cm³/mol.